The van der Waals surface area contributed by atoms with Gasteiger partial charge in [-0.1, -0.05) is 23.7 Å². The van der Waals surface area contributed by atoms with Crippen LogP contribution in [0.1, 0.15) is 28.9 Å². The third-order valence-corrected chi connectivity index (χ3v) is 3.27. The Kier molecular flexibility index (Phi) is 4.49. The van der Waals surface area contributed by atoms with Gasteiger partial charge in [0.15, 0.2) is 0 Å². The van der Waals surface area contributed by atoms with E-state index in [1.807, 2.05) is 0 Å². The Morgan fingerprint density at radius 1 is 1.43 bits per heavy atom. The monoisotopic (exact) mass is 305 g/mol. The molecule has 1 heterocycles. The fourth-order valence-electron chi connectivity index (χ4n) is 1.81. The van der Waals surface area contributed by atoms with Gasteiger partial charge in [-0.2, -0.15) is 0 Å². The molecule has 1 aromatic heterocycles. The van der Waals surface area contributed by atoms with Gasteiger partial charge in [0.2, 0.25) is 0 Å². The minimum Gasteiger partial charge on any atom is -0.345 e. The molecule has 0 saturated carbocycles. The van der Waals surface area contributed by atoms with Crippen molar-refractivity contribution >= 4 is 23.2 Å². The van der Waals surface area contributed by atoms with Gasteiger partial charge in [0.1, 0.15) is 0 Å². The summed E-state index contributed by atoms with van der Waals surface area (Å²) in [6, 6.07) is 7.24. The van der Waals surface area contributed by atoms with Crippen LogP contribution in [-0.2, 0) is 0 Å². The average Bonchev–Trinajstić information content (AvgIpc) is 2.47. The number of nitro benzene ring substituents is 1. The molecule has 21 heavy (non-hydrogen) atoms. The summed E-state index contributed by atoms with van der Waals surface area (Å²) in [4.78, 5) is 26.2. The number of carbonyl (C=O) groups excluding carboxylic acids is 1. The first-order chi connectivity index (χ1) is 9.99. The van der Waals surface area contributed by atoms with E-state index in [-0.39, 0.29) is 17.2 Å². The minimum atomic E-state index is -0.476. The van der Waals surface area contributed by atoms with Crippen LogP contribution < -0.4 is 5.32 Å². The van der Waals surface area contributed by atoms with Gasteiger partial charge >= 0.3 is 0 Å². The second-order valence-electron chi connectivity index (χ2n) is 4.40. The Balaban J connectivity index is 2.16. The van der Waals surface area contributed by atoms with Crippen LogP contribution in [0.4, 0.5) is 5.69 Å². The molecule has 1 amide bonds. The van der Waals surface area contributed by atoms with Gasteiger partial charge < -0.3 is 5.32 Å². The summed E-state index contributed by atoms with van der Waals surface area (Å²) >= 11 is 5.93. The number of amides is 1. The van der Waals surface area contributed by atoms with Crippen molar-refractivity contribution in [2.24, 2.45) is 0 Å². The van der Waals surface area contributed by atoms with E-state index in [0.717, 1.165) is 0 Å². The highest BCUT2D eigenvalue weighted by Crippen LogP contribution is 2.20. The number of hydrogen-bond donors (Lipinski definition) is 1. The quantitative estimate of drug-likeness (QED) is 0.694. The lowest BCUT2D eigenvalue weighted by atomic mass is 10.1. The first kappa shape index (κ1) is 14.9. The number of nitro groups is 1. The number of rotatable bonds is 4. The largest absolute Gasteiger partial charge is 0.345 e. The van der Waals surface area contributed by atoms with E-state index < -0.39 is 11.0 Å². The fraction of sp³-hybridized carbons (Fsp3) is 0.143. The average molecular weight is 306 g/mol. The number of nitrogens with zero attached hydrogens (tertiary/aromatic N) is 2. The maximum Gasteiger partial charge on any atom is 0.269 e. The van der Waals surface area contributed by atoms with Crippen LogP contribution in [0.5, 0.6) is 0 Å². The lowest BCUT2D eigenvalue weighted by Gasteiger charge is -2.14. The van der Waals surface area contributed by atoms with E-state index >= 15 is 0 Å². The number of benzene rings is 1. The number of hydrogen-bond acceptors (Lipinski definition) is 4. The normalized spacial score (nSPS) is 11.7. The van der Waals surface area contributed by atoms with Crippen LogP contribution in [0.2, 0.25) is 5.02 Å². The Labute approximate surface area is 125 Å². The molecule has 6 nitrogen and oxygen atoms in total. The molecule has 0 fully saturated rings. The molecular weight excluding hydrogens is 294 g/mol. The van der Waals surface area contributed by atoms with E-state index in [1.165, 1.54) is 30.6 Å². The highest BCUT2D eigenvalue weighted by molar-refractivity contribution is 6.33. The maximum atomic E-state index is 12.1. The summed E-state index contributed by atoms with van der Waals surface area (Å²) in [6.45, 7) is 1.74. The summed E-state index contributed by atoms with van der Waals surface area (Å²) < 4.78 is 0. The van der Waals surface area contributed by atoms with Crippen LogP contribution in [0.25, 0.3) is 0 Å². The second kappa shape index (κ2) is 6.32. The van der Waals surface area contributed by atoms with Crippen molar-refractivity contribution in [2.45, 2.75) is 13.0 Å². The van der Waals surface area contributed by atoms with E-state index in [0.29, 0.717) is 10.6 Å². The first-order valence-electron chi connectivity index (χ1n) is 6.14. The van der Waals surface area contributed by atoms with Crippen molar-refractivity contribution in [1.29, 1.82) is 0 Å². The molecule has 0 saturated heterocycles. The number of halogens is 1. The molecule has 0 spiro atoms. The highest BCUT2D eigenvalue weighted by Gasteiger charge is 2.16. The lowest BCUT2D eigenvalue weighted by Crippen LogP contribution is -2.27. The van der Waals surface area contributed by atoms with Crippen LogP contribution in [0.15, 0.2) is 42.7 Å². The van der Waals surface area contributed by atoms with Gasteiger partial charge in [-0.15, -0.1) is 0 Å². The third-order valence-electron chi connectivity index (χ3n) is 2.94. The Bertz CT molecular complexity index is 691. The van der Waals surface area contributed by atoms with Crippen molar-refractivity contribution in [3.63, 3.8) is 0 Å². The Hall–Kier alpha value is -2.47. The number of aromatic nitrogens is 1. The van der Waals surface area contributed by atoms with Gasteiger partial charge in [0, 0.05) is 24.5 Å². The zero-order chi connectivity index (χ0) is 15.4. The molecule has 2 rings (SSSR count). The summed E-state index contributed by atoms with van der Waals surface area (Å²) in [6.07, 6.45) is 2.86. The van der Waals surface area contributed by atoms with E-state index in [9.17, 15) is 14.9 Å². The van der Waals surface area contributed by atoms with Crippen molar-refractivity contribution in [3.8, 4) is 0 Å². The van der Waals surface area contributed by atoms with E-state index in [2.05, 4.69) is 10.3 Å². The van der Waals surface area contributed by atoms with Crippen LogP contribution in [-0.4, -0.2) is 15.8 Å². The smallest absolute Gasteiger partial charge is 0.269 e. The molecule has 7 heteroatoms. The van der Waals surface area contributed by atoms with Crippen LogP contribution in [0.3, 0.4) is 0 Å². The predicted molar refractivity (Wildman–Crippen MR) is 78.2 cm³/mol. The molecule has 1 aromatic carbocycles. The molecule has 0 aliphatic carbocycles. The maximum absolute atomic E-state index is 12.1. The zero-order valence-electron chi connectivity index (χ0n) is 11.1. The molecule has 0 bridgehead atoms. The standard InChI is InChI=1S/C14H12ClN3O3/c1-9(10-3-2-4-11(7-10)18(20)21)17-14(19)12-8-16-6-5-13(12)15/h2-9H,1H3,(H,17,19). The Morgan fingerprint density at radius 3 is 2.86 bits per heavy atom. The van der Waals surface area contributed by atoms with E-state index in [1.54, 1.807) is 19.1 Å². The van der Waals surface area contributed by atoms with Crippen molar-refractivity contribution in [2.75, 3.05) is 0 Å². The van der Waals surface area contributed by atoms with Gasteiger partial charge in [-0.05, 0) is 18.6 Å². The minimum absolute atomic E-state index is 0.0204. The van der Waals surface area contributed by atoms with Crippen LogP contribution >= 0.6 is 11.6 Å². The first-order valence-corrected chi connectivity index (χ1v) is 6.51. The molecule has 108 valence electrons. The molecule has 1 atom stereocenters. The predicted octanol–water partition coefficient (Wildman–Crippen LogP) is 3.13. The van der Waals surface area contributed by atoms with E-state index in [4.69, 9.17) is 11.6 Å². The lowest BCUT2D eigenvalue weighted by molar-refractivity contribution is -0.384. The molecule has 1 N–H and O–H groups in total. The third kappa shape index (κ3) is 3.55. The number of pyridine rings is 1. The van der Waals surface area contributed by atoms with Gasteiger partial charge in [0.25, 0.3) is 11.6 Å². The molecular formula is C14H12ClN3O3. The number of carbonyl (C=O) groups is 1. The summed E-state index contributed by atoms with van der Waals surface area (Å²) in [5.41, 5.74) is 0.877. The fourth-order valence-corrected chi connectivity index (χ4v) is 2.00. The van der Waals surface area contributed by atoms with Crippen LogP contribution in [0, 0.1) is 10.1 Å². The van der Waals surface area contributed by atoms with Gasteiger partial charge in [-0.25, -0.2) is 0 Å². The number of nitrogens with one attached hydrogen (secondary N) is 1. The summed E-state index contributed by atoms with van der Waals surface area (Å²) in [5.74, 6) is -0.382. The van der Waals surface area contributed by atoms with Gasteiger partial charge in [-0.3, -0.25) is 19.9 Å². The molecule has 2 aromatic rings. The molecule has 0 aliphatic heterocycles. The molecule has 0 aliphatic rings. The zero-order valence-corrected chi connectivity index (χ0v) is 11.9. The molecule has 1 unspecified atom stereocenters. The van der Waals surface area contributed by atoms with Gasteiger partial charge in [0.05, 0.1) is 21.6 Å². The SMILES string of the molecule is CC(NC(=O)c1cnccc1Cl)c1cccc([N+](=O)[O-])c1. The second-order valence-corrected chi connectivity index (χ2v) is 4.81. The van der Waals surface area contributed by atoms with Crippen molar-refractivity contribution < 1.29 is 9.72 Å². The number of non-ortho nitro benzene ring substituents is 1. The van der Waals surface area contributed by atoms with Crippen molar-refractivity contribution in [3.05, 3.63) is 69.0 Å². The molecule has 0 radical (unpaired) electrons. The topological polar surface area (TPSA) is 85.1 Å². The Morgan fingerprint density at radius 2 is 2.19 bits per heavy atom. The summed E-state index contributed by atoms with van der Waals surface area (Å²) in [7, 11) is 0. The van der Waals surface area contributed by atoms with Crippen molar-refractivity contribution in [1.82, 2.24) is 10.3 Å². The summed E-state index contributed by atoms with van der Waals surface area (Å²) in [5, 5.41) is 13.8. The highest BCUT2D eigenvalue weighted by atomic mass is 35.5.